The molecule has 0 aliphatic heterocycles. The van der Waals surface area contributed by atoms with Crippen molar-refractivity contribution in [3.8, 4) is 0 Å². The first-order valence-electron chi connectivity index (χ1n) is 6.44. The predicted octanol–water partition coefficient (Wildman–Crippen LogP) is 3.95. The highest BCUT2D eigenvalue weighted by atomic mass is 79.9. The first-order chi connectivity index (χ1) is 9.65. The molecule has 4 nitrogen and oxygen atoms in total. The Bertz CT molecular complexity index is 744. The predicted molar refractivity (Wildman–Crippen MR) is 84.8 cm³/mol. The first-order valence-corrected chi connectivity index (χ1v) is 7.23. The summed E-state index contributed by atoms with van der Waals surface area (Å²) in [5.74, 6) is 0. The van der Waals surface area contributed by atoms with E-state index in [1.807, 2.05) is 32.2 Å². The number of benzene rings is 1. The number of aromatic amines is 1. The Morgan fingerprint density at radius 3 is 2.90 bits per heavy atom. The van der Waals surface area contributed by atoms with E-state index in [0.29, 0.717) is 0 Å². The summed E-state index contributed by atoms with van der Waals surface area (Å²) < 4.78 is 0.990. The minimum absolute atomic E-state index is 0.741. The summed E-state index contributed by atoms with van der Waals surface area (Å²) in [6, 6.07) is 8.22. The fourth-order valence-corrected chi connectivity index (χ4v) is 2.64. The molecular weight excluding hydrogens is 316 g/mol. The summed E-state index contributed by atoms with van der Waals surface area (Å²) >= 11 is 3.45. The lowest BCUT2D eigenvalue weighted by Gasteiger charge is -2.09. The van der Waals surface area contributed by atoms with Gasteiger partial charge in [-0.15, -0.1) is 0 Å². The average molecular weight is 331 g/mol. The molecule has 0 saturated carbocycles. The molecule has 0 spiro atoms. The van der Waals surface area contributed by atoms with Gasteiger partial charge in [0.15, 0.2) is 0 Å². The van der Waals surface area contributed by atoms with Gasteiger partial charge in [0.25, 0.3) is 0 Å². The van der Waals surface area contributed by atoms with Crippen molar-refractivity contribution < 1.29 is 0 Å². The van der Waals surface area contributed by atoms with Crippen molar-refractivity contribution in [3.63, 3.8) is 0 Å². The fraction of sp³-hybridized carbons (Fsp3) is 0.200. The molecule has 0 aliphatic rings. The first kappa shape index (κ1) is 13.1. The Morgan fingerprint density at radius 1 is 1.30 bits per heavy atom. The maximum absolute atomic E-state index is 4.49. The lowest BCUT2D eigenvalue weighted by molar-refractivity contribution is 1.02. The van der Waals surface area contributed by atoms with E-state index in [9.17, 15) is 0 Å². The number of hydrogen-bond donors (Lipinski definition) is 2. The largest absolute Gasteiger partial charge is 0.379 e. The molecule has 0 radical (unpaired) electrons. The van der Waals surface area contributed by atoms with Crippen LogP contribution in [0, 0.1) is 13.8 Å². The van der Waals surface area contributed by atoms with E-state index in [-0.39, 0.29) is 0 Å². The second kappa shape index (κ2) is 5.25. The van der Waals surface area contributed by atoms with Crippen molar-refractivity contribution >= 4 is 32.5 Å². The Hall–Kier alpha value is -1.88. The van der Waals surface area contributed by atoms with Crippen LogP contribution >= 0.6 is 15.9 Å². The van der Waals surface area contributed by atoms with Crippen molar-refractivity contribution in [2.45, 2.75) is 20.4 Å². The van der Waals surface area contributed by atoms with E-state index in [1.54, 1.807) is 0 Å². The molecule has 102 valence electrons. The number of anilines is 1. The highest BCUT2D eigenvalue weighted by Crippen LogP contribution is 2.24. The van der Waals surface area contributed by atoms with Crippen molar-refractivity contribution in [2.24, 2.45) is 0 Å². The SMILES string of the molecule is Cc1n[nH]c(C)c1CNc1cccc2cc(Br)cnc12. The molecule has 0 aliphatic carbocycles. The second-order valence-electron chi connectivity index (χ2n) is 4.80. The maximum Gasteiger partial charge on any atom is 0.0934 e. The van der Waals surface area contributed by atoms with E-state index in [0.717, 1.165) is 39.0 Å². The van der Waals surface area contributed by atoms with Crippen LogP contribution in [0.3, 0.4) is 0 Å². The fourth-order valence-electron chi connectivity index (χ4n) is 2.29. The molecule has 3 aromatic rings. The molecule has 1 aromatic carbocycles. The van der Waals surface area contributed by atoms with Crippen LogP contribution in [0.15, 0.2) is 34.9 Å². The molecular formula is C15H15BrN4. The van der Waals surface area contributed by atoms with Gasteiger partial charge in [-0.05, 0) is 41.9 Å². The quantitative estimate of drug-likeness (QED) is 0.764. The molecule has 2 N–H and O–H groups in total. The maximum atomic E-state index is 4.49. The zero-order chi connectivity index (χ0) is 14.1. The molecule has 5 heteroatoms. The third-order valence-electron chi connectivity index (χ3n) is 3.41. The van der Waals surface area contributed by atoms with Gasteiger partial charge in [0.2, 0.25) is 0 Å². The van der Waals surface area contributed by atoms with E-state index in [1.165, 1.54) is 5.56 Å². The molecule has 20 heavy (non-hydrogen) atoms. The van der Waals surface area contributed by atoms with Crippen LogP contribution in [0.4, 0.5) is 5.69 Å². The number of halogens is 1. The number of rotatable bonds is 3. The van der Waals surface area contributed by atoms with E-state index in [4.69, 9.17) is 0 Å². The molecule has 0 unspecified atom stereocenters. The van der Waals surface area contributed by atoms with E-state index in [2.05, 4.69) is 48.6 Å². The van der Waals surface area contributed by atoms with Crippen molar-refractivity contribution in [1.82, 2.24) is 15.2 Å². The third-order valence-corrected chi connectivity index (χ3v) is 3.85. The van der Waals surface area contributed by atoms with Crippen molar-refractivity contribution in [3.05, 3.63) is 51.9 Å². The third kappa shape index (κ3) is 2.41. The number of hydrogen-bond acceptors (Lipinski definition) is 3. The molecule has 0 saturated heterocycles. The number of H-pyrrole nitrogens is 1. The Labute approximate surface area is 125 Å². The Morgan fingerprint density at radius 2 is 2.15 bits per heavy atom. The topological polar surface area (TPSA) is 53.6 Å². The second-order valence-corrected chi connectivity index (χ2v) is 5.71. The van der Waals surface area contributed by atoms with Crippen LogP contribution < -0.4 is 5.32 Å². The van der Waals surface area contributed by atoms with Crippen molar-refractivity contribution in [2.75, 3.05) is 5.32 Å². The van der Waals surface area contributed by atoms with Crippen LogP contribution in [0.25, 0.3) is 10.9 Å². The Balaban J connectivity index is 1.92. The normalized spacial score (nSPS) is 10.9. The van der Waals surface area contributed by atoms with Crippen LogP contribution in [0.5, 0.6) is 0 Å². The molecule has 0 fully saturated rings. The number of pyridine rings is 1. The summed E-state index contributed by atoms with van der Waals surface area (Å²) in [7, 11) is 0. The number of nitrogens with one attached hydrogen (secondary N) is 2. The summed E-state index contributed by atoms with van der Waals surface area (Å²) in [6.07, 6.45) is 1.82. The standard InChI is InChI=1S/C15H15BrN4/c1-9-13(10(2)20-19-9)8-17-14-5-3-4-11-6-12(16)7-18-15(11)14/h3-7,17H,8H2,1-2H3,(H,19,20). The molecule has 0 amide bonds. The van der Waals surface area contributed by atoms with Crippen LogP contribution in [-0.4, -0.2) is 15.2 Å². The van der Waals surface area contributed by atoms with Crippen molar-refractivity contribution in [1.29, 1.82) is 0 Å². The van der Waals surface area contributed by atoms with Gasteiger partial charge in [-0.2, -0.15) is 5.10 Å². The van der Waals surface area contributed by atoms with E-state index >= 15 is 0 Å². The zero-order valence-corrected chi connectivity index (χ0v) is 13.0. The number of fused-ring (bicyclic) bond motifs is 1. The van der Waals surface area contributed by atoms with Gasteiger partial charge in [0.05, 0.1) is 16.9 Å². The molecule has 0 atom stereocenters. The minimum atomic E-state index is 0.741. The highest BCUT2D eigenvalue weighted by Gasteiger charge is 2.07. The number of para-hydroxylation sites is 1. The van der Waals surface area contributed by atoms with Gasteiger partial charge >= 0.3 is 0 Å². The van der Waals surface area contributed by atoms with Crippen LogP contribution in [0.1, 0.15) is 17.0 Å². The zero-order valence-electron chi connectivity index (χ0n) is 11.4. The number of aryl methyl sites for hydroxylation is 2. The molecule has 2 heterocycles. The molecule has 3 rings (SSSR count). The summed E-state index contributed by atoms with van der Waals surface area (Å²) in [4.78, 5) is 4.49. The highest BCUT2D eigenvalue weighted by molar-refractivity contribution is 9.10. The van der Waals surface area contributed by atoms with Gasteiger partial charge in [-0.1, -0.05) is 12.1 Å². The Kier molecular flexibility index (Phi) is 3.44. The number of nitrogens with zero attached hydrogens (tertiary/aromatic N) is 2. The minimum Gasteiger partial charge on any atom is -0.379 e. The smallest absolute Gasteiger partial charge is 0.0934 e. The van der Waals surface area contributed by atoms with Gasteiger partial charge in [0.1, 0.15) is 0 Å². The molecule has 2 aromatic heterocycles. The summed E-state index contributed by atoms with van der Waals surface area (Å²) in [6.45, 7) is 4.79. The average Bonchev–Trinajstić information content (AvgIpc) is 2.75. The lowest BCUT2D eigenvalue weighted by Crippen LogP contribution is -2.02. The van der Waals surface area contributed by atoms with Gasteiger partial charge in [0, 0.05) is 33.9 Å². The number of aromatic nitrogens is 3. The monoisotopic (exact) mass is 330 g/mol. The van der Waals surface area contributed by atoms with Crippen LogP contribution in [0.2, 0.25) is 0 Å². The lowest BCUT2D eigenvalue weighted by atomic mass is 10.1. The van der Waals surface area contributed by atoms with Gasteiger partial charge in [-0.3, -0.25) is 10.1 Å². The molecule has 0 bridgehead atoms. The van der Waals surface area contributed by atoms with Gasteiger partial charge in [-0.25, -0.2) is 0 Å². The summed E-state index contributed by atoms with van der Waals surface area (Å²) in [5.41, 5.74) is 5.36. The van der Waals surface area contributed by atoms with E-state index < -0.39 is 0 Å². The van der Waals surface area contributed by atoms with Gasteiger partial charge < -0.3 is 5.32 Å². The van der Waals surface area contributed by atoms with Crippen LogP contribution in [-0.2, 0) is 6.54 Å². The summed E-state index contributed by atoms with van der Waals surface area (Å²) in [5, 5.41) is 11.8.